The first-order valence-electron chi connectivity index (χ1n) is 12.8. The van der Waals surface area contributed by atoms with Crippen molar-refractivity contribution >= 4 is 39.3 Å². The molecule has 0 bridgehead atoms. The third-order valence-electron chi connectivity index (χ3n) is 6.95. The first kappa shape index (κ1) is 24.0. The predicted molar refractivity (Wildman–Crippen MR) is 146 cm³/mol. The second-order valence-corrected chi connectivity index (χ2v) is 10.8. The maximum atomic E-state index is 16.1. The summed E-state index contributed by atoms with van der Waals surface area (Å²) >= 11 is 0. The van der Waals surface area contributed by atoms with Crippen LogP contribution in [0.15, 0.2) is 42.9 Å². The molecule has 0 radical (unpaired) electrons. The summed E-state index contributed by atoms with van der Waals surface area (Å²) in [7, 11) is 0. The molecular weight excluding hydrogens is 483 g/mol. The van der Waals surface area contributed by atoms with Gasteiger partial charge in [0.15, 0.2) is 11.5 Å². The molecule has 10 heteroatoms. The minimum absolute atomic E-state index is 0.146. The smallest absolute Gasteiger partial charge is 0.229 e. The van der Waals surface area contributed by atoms with Crippen LogP contribution in [0.1, 0.15) is 40.0 Å². The van der Waals surface area contributed by atoms with Gasteiger partial charge in [0.25, 0.3) is 0 Å². The minimum Gasteiger partial charge on any atom is -0.370 e. The van der Waals surface area contributed by atoms with Gasteiger partial charge in [-0.2, -0.15) is 5.10 Å². The summed E-state index contributed by atoms with van der Waals surface area (Å²) in [6, 6.07) is 7.18. The van der Waals surface area contributed by atoms with Crippen molar-refractivity contribution in [2.24, 2.45) is 5.41 Å². The lowest BCUT2D eigenvalue weighted by atomic mass is 9.95. The quantitative estimate of drug-likeness (QED) is 0.285. The van der Waals surface area contributed by atoms with Gasteiger partial charge in [0, 0.05) is 42.0 Å². The summed E-state index contributed by atoms with van der Waals surface area (Å²) < 4.78 is 16.1. The number of imidazole rings is 1. The summed E-state index contributed by atoms with van der Waals surface area (Å²) in [6.07, 6.45) is 8.43. The molecule has 9 nitrogen and oxygen atoms in total. The lowest BCUT2D eigenvalue weighted by molar-refractivity contribution is -0.123. The Labute approximate surface area is 218 Å². The largest absolute Gasteiger partial charge is 0.370 e. The van der Waals surface area contributed by atoms with E-state index in [1.807, 2.05) is 26.8 Å². The molecule has 4 aromatic heterocycles. The van der Waals surface area contributed by atoms with Gasteiger partial charge in [0.05, 0.1) is 28.5 Å². The van der Waals surface area contributed by atoms with E-state index in [0.717, 1.165) is 37.1 Å². The fraction of sp³-hybridized carbons (Fsp3) is 0.321. The van der Waals surface area contributed by atoms with Crippen molar-refractivity contribution < 1.29 is 9.18 Å². The second kappa shape index (κ2) is 9.20. The topological polar surface area (TPSA) is 115 Å². The number of pyridine rings is 2. The molecule has 0 unspecified atom stereocenters. The van der Waals surface area contributed by atoms with Gasteiger partial charge in [-0.05, 0) is 43.5 Å². The highest BCUT2D eigenvalue weighted by molar-refractivity contribution is 5.98. The van der Waals surface area contributed by atoms with Gasteiger partial charge in [-0.15, -0.1) is 0 Å². The standard InChI is InChI=1S/C28H29FN8O/c1-28(2,3)27(38)32-17-13-16(14-30-15-17)18-7-8-19-21(22(18)29)24(36-35-19)26-33-23-20(9-10-31-25(23)34-26)37-11-5-4-6-12-37/h7-10,13-15H,4-6,11-12H2,1-3H3,(H,32,38)(H,35,36)(H,31,33,34). The summed E-state index contributed by atoms with van der Waals surface area (Å²) in [6.45, 7) is 7.46. The number of nitrogens with one attached hydrogen (secondary N) is 3. The molecule has 3 N–H and O–H groups in total. The number of hydrogen-bond donors (Lipinski definition) is 3. The highest BCUT2D eigenvalue weighted by Crippen LogP contribution is 2.35. The molecule has 1 aliphatic heterocycles. The van der Waals surface area contributed by atoms with Crippen molar-refractivity contribution in [1.82, 2.24) is 30.1 Å². The Balaban J connectivity index is 1.41. The van der Waals surface area contributed by atoms with Gasteiger partial charge >= 0.3 is 0 Å². The van der Waals surface area contributed by atoms with Crippen LogP contribution in [0, 0.1) is 11.2 Å². The van der Waals surface area contributed by atoms with E-state index in [1.54, 1.807) is 36.8 Å². The number of nitrogens with zero attached hydrogens (tertiary/aromatic N) is 5. The van der Waals surface area contributed by atoms with Crippen LogP contribution in [0.25, 0.3) is 44.7 Å². The van der Waals surface area contributed by atoms with E-state index in [-0.39, 0.29) is 5.91 Å². The maximum Gasteiger partial charge on any atom is 0.229 e. The minimum atomic E-state index is -0.568. The van der Waals surface area contributed by atoms with E-state index >= 15 is 4.39 Å². The Morgan fingerprint density at radius 3 is 2.71 bits per heavy atom. The van der Waals surface area contributed by atoms with E-state index in [9.17, 15) is 4.79 Å². The Kier molecular flexibility index (Phi) is 5.81. The number of H-pyrrole nitrogens is 2. The van der Waals surface area contributed by atoms with Gasteiger partial charge < -0.3 is 15.2 Å². The molecule has 1 fully saturated rings. The van der Waals surface area contributed by atoms with Crippen LogP contribution in [-0.4, -0.2) is 49.1 Å². The first-order chi connectivity index (χ1) is 18.3. The summed E-state index contributed by atoms with van der Waals surface area (Å²) in [5.41, 5.74) is 4.21. The van der Waals surface area contributed by atoms with Crippen molar-refractivity contribution in [1.29, 1.82) is 0 Å². The Hall–Kier alpha value is -4.34. The number of fused-ring (bicyclic) bond motifs is 2. The molecule has 5 heterocycles. The SMILES string of the molecule is CC(C)(C)C(=O)Nc1cncc(-c2ccc3[nH]nc(-c4nc5nccc(N6CCCCC6)c5[nH]4)c3c2F)c1. The number of halogens is 1. The average molecular weight is 513 g/mol. The number of carbonyl (C=O) groups excluding carboxylic acids is 1. The molecule has 0 saturated carbocycles. The summed E-state index contributed by atoms with van der Waals surface area (Å²) in [5, 5.41) is 10.5. The molecule has 194 valence electrons. The highest BCUT2D eigenvalue weighted by atomic mass is 19.1. The zero-order chi connectivity index (χ0) is 26.4. The van der Waals surface area contributed by atoms with E-state index < -0.39 is 11.2 Å². The fourth-order valence-corrected chi connectivity index (χ4v) is 4.85. The Morgan fingerprint density at radius 1 is 1.11 bits per heavy atom. The van der Waals surface area contributed by atoms with E-state index in [4.69, 9.17) is 0 Å². The number of anilines is 2. The number of carbonyl (C=O) groups is 1. The molecule has 5 aromatic rings. The van der Waals surface area contributed by atoms with Crippen LogP contribution >= 0.6 is 0 Å². The van der Waals surface area contributed by atoms with Crippen LogP contribution in [0.3, 0.4) is 0 Å². The van der Waals surface area contributed by atoms with Gasteiger partial charge in [-0.1, -0.05) is 20.8 Å². The van der Waals surface area contributed by atoms with Crippen LogP contribution in [-0.2, 0) is 4.79 Å². The second-order valence-electron chi connectivity index (χ2n) is 10.8. The van der Waals surface area contributed by atoms with Gasteiger partial charge in [-0.25, -0.2) is 14.4 Å². The van der Waals surface area contributed by atoms with Crippen LogP contribution in [0.5, 0.6) is 0 Å². The number of piperidine rings is 1. The number of amides is 1. The molecule has 1 amide bonds. The van der Waals surface area contributed by atoms with Crippen molar-refractivity contribution in [3.63, 3.8) is 0 Å². The van der Waals surface area contributed by atoms with Crippen molar-refractivity contribution in [2.45, 2.75) is 40.0 Å². The van der Waals surface area contributed by atoms with Gasteiger partial charge in [0.1, 0.15) is 17.0 Å². The molecule has 1 aliphatic rings. The Morgan fingerprint density at radius 2 is 1.92 bits per heavy atom. The predicted octanol–water partition coefficient (Wildman–Crippen LogP) is 5.68. The maximum absolute atomic E-state index is 16.1. The van der Waals surface area contributed by atoms with Crippen molar-refractivity contribution in [2.75, 3.05) is 23.3 Å². The number of hydrogen-bond acceptors (Lipinski definition) is 6. The molecule has 6 rings (SSSR count). The molecule has 1 aromatic carbocycles. The average Bonchev–Trinajstić information content (AvgIpc) is 3.54. The van der Waals surface area contributed by atoms with Crippen molar-refractivity contribution in [3.8, 4) is 22.6 Å². The lowest BCUT2D eigenvalue weighted by Crippen LogP contribution is -2.29. The third kappa shape index (κ3) is 4.25. The summed E-state index contributed by atoms with van der Waals surface area (Å²) in [4.78, 5) is 31.5. The normalized spacial score (nSPS) is 14.4. The first-order valence-corrected chi connectivity index (χ1v) is 12.8. The monoisotopic (exact) mass is 512 g/mol. The molecule has 0 spiro atoms. The highest BCUT2D eigenvalue weighted by Gasteiger charge is 2.23. The van der Waals surface area contributed by atoms with Gasteiger partial charge in [0.2, 0.25) is 5.91 Å². The zero-order valence-electron chi connectivity index (χ0n) is 21.6. The molecule has 38 heavy (non-hydrogen) atoms. The number of aromatic nitrogens is 6. The van der Waals surface area contributed by atoms with Crippen LogP contribution < -0.4 is 10.2 Å². The Bertz CT molecular complexity index is 1660. The number of aromatic amines is 2. The number of benzene rings is 1. The van der Waals surface area contributed by atoms with E-state index in [2.05, 4.69) is 40.3 Å². The molecule has 1 saturated heterocycles. The lowest BCUT2D eigenvalue weighted by Gasteiger charge is -2.28. The number of rotatable bonds is 4. The zero-order valence-corrected chi connectivity index (χ0v) is 21.6. The van der Waals surface area contributed by atoms with Crippen LogP contribution in [0.2, 0.25) is 0 Å². The van der Waals surface area contributed by atoms with Gasteiger partial charge in [-0.3, -0.25) is 14.9 Å². The summed E-state index contributed by atoms with van der Waals surface area (Å²) in [5.74, 6) is -0.146. The fourth-order valence-electron chi connectivity index (χ4n) is 4.85. The third-order valence-corrected chi connectivity index (χ3v) is 6.95. The van der Waals surface area contributed by atoms with E-state index in [0.29, 0.717) is 44.9 Å². The molecular formula is C28H29FN8O. The van der Waals surface area contributed by atoms with Crippen LogP contribution in [0.4, 0.5) is 15.8 Å². The molecule has 0 atom stereocenters. The van der Waals surface area contributed by atoms with E-state index in [1.165, 1.54) is 6.42 Å². The van der Waals surface area contributed by atoms with Crippen molar-refractivity contribution in [3.05, 3.63) is 48.7 Å². The molecule has 0 aliphatic carbocycles.